The molecular formula is C74H62N4. The summed E-state index contributed by atoms with van der Waals surface area (Å²) in [4.78, 5) is 16.5. The van der Waals surface area contributed by atoms with Gasteiger partial charge in [-0.05, 0) is 126 Å². The Kier molecular flexibility index (Phi) is 11.6. The van der Waals surface area contributed by atoms with E-state index in [1.807, 2.05) is 0 Å². The van der Waals surface area contributed by atoms with Crippen molar-refractivity contribution in [3.05, 3.63) is 253 Å². The van der Waals surface area contributed by atoms with E-state index in [0.717, 1.165) is 78.0 Å². The Balaban J connectivity index is 1.13. The molecule has 2 aromatic heterocycles. The van der Waals surface area contributed by atoms with Gasteiger partial charge in [-0.25, -0.2) is 15.0 Å². The molecule has 1 aliphatic heterocycles. The summed E-state index contributed by atoms with van der Waals surface area (Å²) in [6.45, 7) is 18.8. The average Bonchev–Trinajstić information content (AvgIpc) is 3.88. The van der Waals surface area contributed by atoms with Crippen molar-refractivity contribution in [3.8, 4) is 95.5 Å². The van der Waals surface area contributed by atoms with Crippen LogP contribution in [0.1, 0.15) is 77.6 Å². The normalized spacial score (nSPS) is 13.0. The first-order valence-corrected chi connectivity index (χ1v) is 27.3. The largest absolute Gasteiger partial charge is 0.308 e. The summed E-state index contributed by atoms with van der Waals surface area (Å²) < 4.78 is 2.61. The third-order valence-electron chi connectivity index (χ3n) is 16.1. The molecule has 1 aliphatic rings. The summed E-state index contributed by atoms with van der Waals surface area (Å²) in [5, 5.41) is 2.53. The van der Waals surface area contributed by atoms with Crippen LogP contribution in [-0.4, -0.2) is 19.5 Å². The minimum atomic E-state index is -0.368. The second-order valence-electron chi connectivity index (χ2n) is 23.8. The second kappa shape index (κ2) is 18.6. The van der Waals surface area contributed by atoms with E-state index in [9.17, 15) is 0 Å². The van der Waals surface area contributed by atoms with Gasteiger partial charge in [-0.2, -0.15) is 0 Å². The lowest BCUT2D eigenvalue weighted by Crippen LogP contribution is -2.22. The molecule has 13 rings (SSSR count). The van der Waals surface area contributed by atoms with Crippen LogP contribution in [-0.2, 0) is 16.2 Å². The molecule has 10 aromatic carbocycles. The zero-order valence-electron chi connectivity index (χ0n) is 45.7. The van der Waals surface area contributed by atoms with Crippen molar-refractivity contribution in [2.75, 3.05) is 0 Å². The molecule has 0 fully saturated rings. The number of aromatic nitrogens is 4. The van der Waals surface area contributed by atoms with Crippen LogP contribution in [0.15, 0.2) is 231 Å². The van der Waals surface area contributed by atoms with Crippen molar-refractivity contribution in [1.82, 2.24) is 19.5 Å². The van der Waals surface area contributed by atoms with Crippen LogP contribution in [0.5, 0.6) is 0 Å². The lowest BCUT2D eigenvalue weighted by atomic mass is 9.74. The van der Waals surface area contributed by atoms with E-state index < -0.39 is 0 Å². The summed E-state index contributed by atoms with van der Waals surface area (Å²) in [6, 6.07) is 84.1. The highest BCUT2D eigenvalue weighted by Crippen LogP contribution is 2.50. The van der Waals surface area contributed by atoms with Crippen LogP contribution in [0, 0.1) is 0 Å². The van der Waals surface area contributed by atoms with Crippen molar-refractivity contribution in [2.24, 2.45) is 0 Å². The maximum absolute atomic E-state index is 5.58. The summed E-state index contributed by atoms with van der Waals surface area (Å²) in [6.07, 6.45) is 0. The summed E-state index contributed by atoms with van der Waals surface area (Å²) in [5.41, 5.74) is 22.1. The fourth-order valence-corrected chi connectivity index (χ4v) is 11.6. The summed E-state index contributed by atoms with van der Waals surface area (Å²) in [7, 11) is 0. The van der Waals surface area contributed by atoms with Crippen molar-refractivity contribution >= 4 is 21.8 Å². The monoisotopic (exact) mass is 1010 g/mol. The number of nitrogens with zero attached hydrogens (tertiary/aromatic N) is 4. The molecule has 0 aliphatic carbocycles. The number of hydrogen-bond donors (Lipinski definition) is 0. The van der Waals surface area contributed by atoms with Gasteiger partial charge in [-0.1, -0.05) is 237 Å². The van der Waals surface area contributed by atoms with Gasteiger partial charge in [-0.3, -0.25) is 0 Å². The van der Waals surface area contributed by atoms with Crippen LogP contribution < -0.4 is 0 Å². The number of fused-ring (bicyclic) bond motifs is 8. The van der Waals surface area contributed by atoms with E-state index in [0.29, 0.717) is 17.5 Å². The van der Waals surface area contributed by atoms with Crippen molar-refractivity contribution in [2.45, 2.75) is 71.6 Å². The van der Waals surface area contributed by atoms with Gasteiger partial charge in [0.25, 0.3) is 0 Å². The van der Waals surface area contributed by atoms with Gasteiger partial charge in [0.15, 0.2) is 17.5 Å². The Morgan fingerprint density at radius 1 is 0.333 bits per heavy atom. The Labute approximate surface area is 458 Å². The van der Waals surface area contributed by atoms with Gasteiger partial charge in [0.2, 0.25) is 0 Å². The SMILES string of the molecule is CC(C)(C)c1ccc2c(c1)c1cc(C(C)(C)C)cc3c1n2-c1c(-c2ccccc2)cc(-c2nc(-c4ccc(-c5ccccc5)cc4)nc(-c4cc(-c5ccccc5)cc(-c5ccccc5)c4)n2)cc1-c1cccc(c1)C3(C)C. The molecule has 12 aromatic rings. The third-order valence-corrected chi connectivity index (χ3v) is 16.1. The maximum Gasteiger partial charge on any atom is 0.164 e. The van der Waals surface area contributed by atoms with Gasteiger partial charge in [-0.15, -0.1) is 0 Å². The summed E-state index contributed by atoms with van der Waals surface area (Å²) >= 11 is 0. The van der Waals surface area contributed by atoms with Gasteiger partial charge in [0.05, 0.1) is 16.7 Å². The van der Waals surface area contributed by atoms with E-state index in [1.54, 1.807) is 0 Å². The first-order valence-electron chi connectivity index (χ1n) is 27.3. The minimum Gasteiger partial charge on any atom is -0.308 e. The molecule has 0 spiro atoms. The molecule has 0 radical (unpaired) electrons. The van der Waals surface area contributed by atoms with Crippen LogP contribution in [0.4, 0.5) is 0 Å². The minimum absolute atomic E-state index is 0.0462. The van der Waals surface area contributed by atoms with Crippen molar-refractivity contribution in [3.63, 3.8) is 0 Å². The summed E-state index contributed by atoms with van der Waals surface area (Å²) in [5.74, 6) is 1.80. The van der Waals surface area contributed by atoms with Crippen LogP contribution >= 0.6 is 0 Å². The molecule has 2 bridgehead atoms. The highest BCUT2D eigenvalue weighted by atomic mass is 15.0. The van der Waals surface area contributed by atoms with Crippen LogP contribution in [0.2, 0.25) is 0 Å². The molecule has 78 heavy (non-hydrogen) atoms. The molecule has 0 N–H and O–H groups in total. The van der Waals surface area contributed by atoms with E-state index in [-0.39, 0.29) is 16.2 Å². The molecule has 0 amide bonds. The lowest BCUT2D eigenvalue weighted by Gasteiger charge is -2.30. The first-order chi connectivity index (χ1) is 37.7. The lowest BCUT2D eigenvalue weighted by molar-refractivity contribution is 0.584. The van der Waals surface area contributed by atoms with Crippen molar-refractivity contribution < 1.29 is 0 Å². The van der Waals surface area contributed by atoms with E-state index in [4.69, 9.17) is 15.0 Å². The smallest absolute Gasteiger partial charge is 0.164 e. The van der Waals surface area contributed by atoms with Gasteiger partial charge in [0.1, 0.15) is 0 Å². The molecule has 0 saturated heterocycles. The fraction of sp³-hybridized carbons (Fsp3) is 0.149. The molecule has 4 heteroatoms. The number of hydrogen-bond acceptors (Lipinski definition) is 3. The zero-order chi connectivity index (χ0) is 53.5. The van der Waals surface area contributed by atoms with Crippen LogP contribution in [0.3, 0.4) is 0 Å². The molecule has 0 unspecified atom stereocenters. The standard InChI is InChI=1S/C74H62N4/c1-72(2,3)58-36-37-66-63(44-58)64-45-60(73(4,5)6)46-65-68(64)78(66)67-61(51-28-19-12-20-29-51)42-57(43-62(67)53-30-21-31-59(41-53)74(65,7)8)71-76-69(52-34-32-50(33-35-52)47-22-13-9-14-23-47)75-70(77-71)56-39-54(48-24-15-10-16-25-48)38-55(40-56)49-26-17-11-18-27-49/h9-46H,1-8H3. The average molecular weight is 1010 g/mol. The predicted octanol–water partition coefficient (Wildman–Crippen LogP) is 19.5. The van der Waals surface area contributed by atoms with E-state index in [1.165, 1.54) is 44.1 Å². The zero-order valence-corrected chi connectivity index (χ0v) is 45.7. The topological polar surface area (TPSA) is 43.6 Å². The van der Waals surface area contributed by atoms with Gasteiger partial charge in [0, 0.05) is 44.0 Å². The second-order valence-corrected chi connectivity index (χ2v) is 23.8. The Hall–Kier alpha value is -8.99. The Morgan fingerprint density at radius 2 is 0.769 bits per heavy atom. The molecule has 3 heterocycles. The molecular weight excluding hydrogens is 945 g/mol. The van der Waals surface area contributed by atoms with E-state index in [2.05, 4.69) is 290 Å². The quantitative estimate of drug-likeness (QED) is 0.160. The molecule has 0 saturated carbocycles. The predicted molar refractivity (Wildman–Crippen MR) is 327 cm³/mol. The number of rotatable bonds is 7. The molecule has 0 atom stereocenters. The molecule has 378 valence electrons. The third kappa shape index (κ3) is 8.62. The molecule has 4 nitrogen and oxygen atoms in total. The Morgan fingerprint density at radius 3 is 1.32 bits per heavy atom. The van der Waals surface area contributed by atoms with Gasteiger partial charge >= 0.3 is 0 Å². The van der Waals surface area contributed by atoms with Crippen LogP contribution in [0.25, 0.3) is 117 Å². The first kappa shape index (κ1) is 48.6. The Bertz CT molecular complexity index is 4190. The van der Waals surface area contributed by atoms with Gasteiger partial charge < -0.3 is 4.57 Å². The maximum atomic E-state index is 5.58. The highest BCUT2D eigenvalue weighted by Gasteiger charge is 2.34. The number of benzene rings is 10. The highest BCUT2D eigenvalue weighted by molar-refractivity contribution is 6.13. The van der Waals surface area contributed by atoms with Crippen molar-refractivity contribution in [1.29, 1.82) is 0 Å². The van der Waals surface area contributed by atoms with E-state index >= 15 is 0 Å². The fourth-order valence-electron chi connectivity index (χ4n) is 11.6.